The van der Waals surface area contributed by atoms with Crippen molar-refractivity contribution in [3.8, 4) is 5.69 Å². The van der Waals surface area contributed by atoms with Crippen molar-refractivity contribution in [3.63, 3.8) is 0 Å². The molecule has 1 aromatic carbocycles. The molecule has 0 atom stereocenters. The maximum Gasteiger partial charge on any atom is 0.0730 e. The SMILES string of the molecule is CC(C)(C)NCCc1cnnn1-c1ccccc1. The third-order valence-electron chi connectivity index (χ3n) is 2.66. The molecule has 0 aliphatic carbocycles. The molecule has 1 aromatic heterocycles. The second-order valence-corrected chi connectivity index (χ2v) is 5.40. The number of aromatic nitrogens is 3. The molecule has 2 rings (SSSR count). The Hall–Kier alpha value is -1.68. The molecule has 0 saturated carbocycles. The second kappa shape index (κ2) is 5.31. The highest BCUT2D eigenvalue weighted by Crippen LogP contribution is 2.09. The number of nitrogens with zero attached hydrogens (tertiary/aromatic N) is 3. The lowest BCUT2D eigenvalue weighted by Gasteiger charge is -2.20. The lowest BCUT2D eigenvalue weighted by Crippen LogP contribution is -2.37. The smallest absolute Gasteiger partial charge is 0.0730 e. The minimum atomic E-state index is 0.144. The Morgan fingerprint density at radius 2 is 1.89 bits per heavy atom. The Bertz CT molecular complexity index is 482. The zero-order valence-corrected chi connectivity index (χ0v) is 11.2. The normalized spacial score (nSPS) is 11.7. The van der Waals surface area contributed by atoms with Crippen LogP contribution in [0.5, 0.6) is 0 Å². The van der Waals surface area contributed by atoms with Gasteiger partial charge in [0, 0.05) is 18.5 Å². The van der Waals surface area contributed by atoms with E-state index in [0.717, 1.165) is 24.3 Å². The number of nitrogens with one attached hydrogen (secondary N) is 1. The molecule has 18 heavy (non-hydrogen) atoms. The Morgan fingerprint density at radius 1 is 1.17 bits per heavy atom. The third-order valence-corrected chi connectivity index (χ3v) is 2.66. The highest BCUT2D eigenvalue weighted by Gasteiger charge is 2.10. The fourth-order valence-electron chi connectivity index (χ4n) is 1.78. The van der Waals surface area contributed by atoms with Crippen LogP contribution in [0.2, 0.25) is 0 Å². The van der Waals surface area contributed by atoms with Crippen molar-refractivity contribution >= 4 is 0 Å². The number of para-hydroxylation sites is 1. The van der Waals surface area contributed by atoms with E-state index in [2.05, 4.69) is 36.4 Å². The van der Waals surface area contributed by atoms with Crippen LogP contribution in [0.3, 0.4) is 0 Å². The van der Waals surface area contributed by atoms with Gasteiger partial charge in [-0.1, -0.05) is 23.4 Å². The van der Waals surface area contributed by atoms with Crippen LogP contribution in [0.4, 0.5) is 0 Å². The van der Waals surface area contributed by atoms with Crippen molar-refractivity contribution < 1.29 is 0 Å². The van der Waals surface area contributed by atoms with Crippen LogP contribution >= 0.6 is 0 Å². The van der Waals surface area contributed by atoms with Gasteiger partial charge in [0.2, 0.25) is 0 Å². The van der Waals surface area contributed by atoms with Gasteiger partial charge in [0.1, 0.15) is 0 Å². The molecule has 0 unspecified atom stereocenters. The molecule has 0 radical (unpaired) electrons. The summed E-state index contributed by atoms with van der Waals surface area (Å²) in [4.78, 5) is 0. The zero-order valence-electron chi connectivity index (χ0n) is 11.2. The number of benzene rings is 1. The molecule has 1 N–H and O–H groups in total. The maximum absolute atomic E-state index is 4.14. The first-order valence-corrected chi connectivity index (χ1v) is 6.26. The van der Waals surface area contributed by atoms with Gasteiger partial charge in [0.25, 0.3) is 0 Å². The molecule has 0 bridgehead atoms. The van der Waals surface area contributed by atoms with Crippen LogP contribution in [0.1, 0.15) is 26.5 Å². The molecule has 96 valence electrons. The molecule has 0 saturated heterocycles. The average molecular weight is 244 g/mol. The largest absolute Gasteiger partial charge is 0.312 e. The predicted molar refractivity (Wildman–Crippen MR) is 72.8 cm³/mol. The molecule has 0 aliphatic heterocycles. The van der Waals surface area contributed by atoms with Gasteiger partial charge in [-0.05, 0) is 32.9 Å². The summed E-state index contributed by atoms with van der Waals surface area (Å²) in [6.45, 7) is 7.42. The Morgan fingerprint density at radius 3 is 2.56 bits per heavy atom. The van der Waals surface area contributed by atoms with Crippen molar-refractivity contribution in [1.29, 1.82) is 0 Å². The molecule has 2 aromatic rings. The van der Waals surface area contributed by atoms with Crippen molar-refractivity contribution in [2.75, 3.05) is 6.54 Å². The quantitative estimate of drug-likeness (QED) is 0.896. The number of rotatable bonds is 4. The minimum absolute atomic E-state index is 0.144. The highest BCUT2D eigenvalue weighted by molar-refractivity contribution is 5.31. The standard InChI is InChI=1S/C14H20N4/c1-14(2,3)15-10-9-13-11-16-17-18(13)12-7-5-4-6-8-12/h4-8,11,15H,9-10H2,1-3H3. The van der Waals surface area contributed by atoms with E-state index in [1.807, 2.05) is 41.2 Å². The fourth-order valence-corrected chi connectivity index (χ4v) is 1.78. The van der Waals surface area contributed by atoms with E-state index < -0.39 is 0 Å². The molecule has 1 heterocycles. The molecule has 0 amide bonds. The molecule has 0 aliphatic rings. The van der Waals surface area contributed by atoms with Crippen molar-refractivity contribution in [3.05, 3.63) is 42.2 Å². The summed E-state index contributed by atoms with van der Waals surface area (Å²) in [5, 5.41) is 11.6. The second-order valence-electron chi connectivity index (χ2n) is 5.40. The Labute approximate surface area is 108 Å². The van der Waals surface area contributed by atoms with E-state index in [1.54, 1.807) is 0 Å². The van der Waals surface area contributed by atoms with E-state index in [0.29, 0.717) is 0 Å². The van der Waals surface area contributed by atoms with Gasteiger partial charge >= 0.3 is 0 Å². The Balaban J connectivity index is 2.05. The van der Waals surface area contributed by atoms with Gasteiger partial charge in [-0.2, -0.15) is 0 Å². The van der Waals surface area contributed by atoms with Gasteiger partial charge in [-0.25, -0.2) is 4.68 Å². The molecule has 0 fully saturated rings. The number of hydrogen-bond donors (Lipinski definition) is 1. The molecule has 4 heteroatoms. The summed E-state index contributed by atoms with van der Waals surface area (Å²) in [6.07, 6.45) is 2.75. The topological polar surface area (TPSA) is 42.7 Å². The van der Waals surface area contributed by atoms with Crippen LogP contribution in [0, 0.1) is 0 Å². The minimum Gasteiger partial charge on any atom is -0.312 e. The van der Waals surface area contributed by atoms with Gasteiger partial charge in [0.15, 0.2) is 0 Å². The van der Waals surface area contributed by atoms with E-state index in [1.165, 1.54) is 0 Å². The van der Waals surface area contributed by atoms with Crippen molar-refractivity contribution in [2.45, 2.75) is 32.7 Å². The van der Waals surface area contributed by atoms with E-state index >= 15 is 0 Å². The number of hydrogen-bond acceptors (Lipinski definition) is 3. The van der Waals surface area contributed by atoms with Gasteiger partial charge in [0.05, 0.1) is 17.6 Å². The van der Waals surface area contributed by atoms with Crippen LogP contribution in [0.25, 0.3) is 5.69 Å². The van der Waals surface area contributed by atoms with Gasteiger partial charge in [-0.3, -0.25) is 0 Å². The molecular weight excluding hydrogens is 224 g/mol. The highest BCUT2D eigenvalue weighted by atomic mass is 15.4. The van der Waals surface area contributed by atoms with E-state index in [9.17, 15) is 0 Å². The molecule has 4 nitrogen and oxygen atoms in total. The molecule has 0 spiro atoms. The summed E-state index contributed by atoms with van der Waals surface area (Å²) < 4.78 is 1.89. The predicted octanol–water partition coefficient (Wildman–Crippen LogP) is 2.20. The van der Waals surface area contributed by atoms with Crippen molar-refractivity contribution in [2.24, 2.45) is 0 Å². The van der Waals surface area contributed by atoms with Crippen LogP contribution in [-0.2, 0) is 6.42 Å². The first-order valence-electron chi connectivity index (χ1n) is 6.26. The molecular formula is C14H20N4. The van der Waals surface area contributed by atoms with E-state index in [4.69, 9.17) is 0 Å². The summed E-state index contributed by atoms with van der Waals surface area (Å²) in [7, 11) is 0. The zero-order chi connectivity index (χ0) is 13.0. The average Bonchev–Trinajstić information content (AvgIpc) is 2.77. The summed E-state index contributed by atoms with van der Waals surface area (Å²) in [6, 6.07) is 10.1. The van der Waals surface area contributed by atoms with Crippen LogP contribution in [-0.4, -0.2) is 27.1 Å². The monoisotopic (exact) mass is 244 g/mol. The maximum atomic E-state index is 4.14. The lowest BCUT2D eigenvalue weighted by atomic mass is 10.1. The summed E-state index contributed by atoms with van der Waals surface area (Å²) in [5.41, 5.74) is 2.32. The lowest BCUT2D eigenvalue weighted by molar-refractivity contribution is 0.427. The van der Waals surface area contributed by atoms with Gasteiger partial charge in [-0.15, -0.1) is 5.10 Å². The first kappa shape index (κ1) is 12.8. The third kappa shape index (κ3) is 3.40. The van der Waals surface area contributed by atoms with Crippen LogP contribution in [0.15, 0.2) is 36.5 Å². The fraction of sp³-hybridized carbons (Fsp3) is 0.429. The van der Waals surface area contributed by atoms with Gasteiger partial charge < -0.3 is 5.32 Å². The summed E-state index contributed by atoms with van der Waals surface area (Å²) in [5.74, 6) is 0. The van der Waals surface area contributed by atoms with Crippen molar-refractivity contribution in [1.82, 2.24) is 20.3 Å². The van der Waals surface area contributed by atoms with Crippen LogP contribution < -0.4 is 5.32 Å². The first-order chi connectivity index (χ1) is 8.56. The Kier molecular flexibility index (Phi) is 3.77. The van der Waals surface area contributed by atoms with E-state index in [-0.39, 0.29) is 5.54 Å². The summed E-state index contributed by atoms with van der Waals surface area (Å²) >= 11 is 0.